The SMILES string of the molecule is Cc1c(CC=O)c2cc(CO)ccc2n1C(=O)c1ccc(Cl)cc1. The lowest BCUT2D eigenvalue weighted by Crippen LogP contribution is -2.13. The zero-order chi connectivity index (χ0) is 17.3. The molecule has 5 heteroatoms. The number of carbonyl (C=O) groups excluding carboxylic acids is 2. The quantitative estimate of drug-likeness (QED) is 0.738. The maximum Gasteiger partial charge on any atom is 0.262 e. The van der Waals surface area contributed by atoms with E-state index in [1.54, 1.807) is 41.0 Å². The van der Waals surface area contributed by atoms with Crippen molar-refractivity contribution in [2.45, 2.75) is 20.0 Å². The van der Waals surface area contributed by atoms with Crippen molar-refractivity contribution < 1.29 is 14.7 Å². The highest BCUT2D eigenvalue weighted by Gasteiger charge is 2.19. The number of aromatic nitrogens is 1. The van der Waals surface area contributed by atoms with Crippen molar-refractivity contribution in [3.05, 3.63) is 69.9 Å². The Labute approximate surface area is 144 Å². The van der Waals surface area contributed by atoms with Gasteiger partial charge in [-0.2, -0.15) is 0 Å². The molecule has 0 aliphatic heterocycles. The van der Waals surface area contributed by atoms with Crippen LogP contribution in [-0.4, -0.2) is 21.9 Å². The third-order valence-corrected chi connectivity index (χ3v) is 4.42. The van der Waals surface area contributed by atoms with Gasteiger partial charge in [0.2, 0.25) is 0 Å². The van der Waals surface area contributed by atoms with E-state index < -0.39 is 0 Å². The van der Waals surface area contributed by atoms with Gasteiger partial charge in [0.05, 0.1) is 12.1 Å². The molecule has 3 aromatic rings. The second-order valence-corrected chi connectivity index (χ2v) is 6.03. The van der Waals surface area contributed by atoms with E-state index in [0.717, 1.165) is 34.0 Å². The third kappa shape index (κ3) is 2.75. The first-order valence-corrected chi connectivity index (χ1v) is 7.92. The molecule has 0 unspecified atom stereocenters. The van der Waals surface area contributed by atoms with E-state index in [1.165, 1.54) is 0 Å². The highest BCUT2D eigenvalue weighted by molar-refractivity contribution is 6.30. The average Bonchev–Trinajstić information content (AvgIpc) is 2.86. The average molecular weight is 342 g/mol. The van der Waals surface area contributed by atoms with Gasteiger partial charge in [0.25, 0.3) is 5.91 Å². The summed E-state index contributed by atoms with van der Waals surface area (Å²) in [4.78, 5) is 24.0. The van der Waals surface area contributed by atoms with E-state index in [2.05, 4.69) is 0 Å². The second-order valence-electron chi connectivity index (χ2n) is 5.59. The van der Waals surface area contributed by atoms with Gasteiger partial charge in [-0.25, -0.2) is 0 Å². The fourth-order valence-electron chi connectivity index (χ4n) is 2.95. The molecule has 4 nitrogen and oxygen atoms in total. The summed E-state index contributed by atoms with van der Waals surface area (Å²) in [7, 11) is 0. The first-order chi connectivity index (χ1) is 11.6. The van der Waals surface area contributed by atoms with Gasteiger partial charge in [-0.05, 0) is 54.4 Å². The Balaban J connectivity index is 2.23. The summed E-state index contributed by atoms with van der Waals surface area (Å²) in [6.07, 6.45) is 1.04. The van der Waals surface area contributed by atoms with Crippen LogP contribution in [0.25, 0.3) is 10.9 Å². The van der Waals surface area contributed by atoms with Crippen LogP contribution in [0.1, 0.15) is 27.2 Å². The molecular formula is C19H16ClNO3. The minimum absolute atomic E-state index is 0.0914. The molecular weight excluding hydrogens is 326 g/mol. The summed E-state index contributed by atoms with van der Waals surface area (Å²) < 4.78 is 1.61. The predicted molar refractivity (Wildman–Crippen MR) is 93.5 cm³/mol. The number of hydrogen-bond donors (Lipinski definition) is 1. The Kier molecular flexibility index (Phi) is 4.51. The topological polar surface area (TPSA) is 59.3 Å². The lowest BCUT2D eigenvalue weighted by molar-refractivity contribution is -0.107. The van der Waals surface area contributed by atoms with Crippen LogP contribution in [0.3, 0.4) is 0 Å². The van der Waals surface area contributed by atoms with Crippen molar-refractivity contribution in [2.24, 2.45) is 0 Å². The summed E-state index contributed by atoms with van der Waals surface area (Å²) in [6.45, 7) is 1.73. The smallest absolute Gasteiger partial charge is 0.262 e. The van der Waals surface area contributed by atoms with Crippen molar-refractivity contribution in [3.63, 3.8) is 0 Å². The van der Waals surface area contributed by atoms with Crippen LogP contribution in [0.5, 0.6) is 0 Å². The number of rotatable bonds is 4. The first kappa shape index (κ1) is 16.4. The molecule has 1 aromatic heterocycles. The molecule has 0 saturated heterocycles. The first-order valence-electron chi connectivity index (χ1n) is 7.54. The van der Waals surface area contributed by atoms with Gasteiger partial charge in [0.1, 0.15) is 6.29 Å². The van der Waals surface area contributed by atoms with E-state index in [0.29, 0.717) is 10.6 Å². The van der Waals surface area contributed by atoms with Gasteiger partial charge in [0, 0.05) is 28.1 Å². The molecule has 0 spiro atoms. The Morgan fingerprint density at radius 1 is 1.21 bits per heavy atom. The second kappa shape index (κ2) is 6.59. The molecule has 0 bridgehead atoms. The van der Waals surface area contributed by atoms with Crippen molar-refractivity contribution in [2.75, 3.05) is 0 Å². The minimum atomic E-state index is -0.178. The number of benzene rings is 2. The van der Waals surface area contributed by atoms with Gasteiger partial charge in [-0.1, -0.05) is 17.7 Å². The zero-order valence-electron chi connectivity index (χ0n) is 13.1. The summed E-state index contributed by atoms with van der Waals surface area (Å²) >= 11 is 5.89. The van der Waals surface area contributed by atoms with E-state index in [1.807, 2.05) is 13.0 Å². The molecule has 0 amide bonds. The summed E-state index contributed by atoms with van der Waals surface area (Å²) in [5.74, 6) is -0.178. The normalized spacial score (nSPS) is 11.0. The molecule has 24 heavy (non-hydrogen) atoms. The monoisotopic (exact) mass is 341 g/mol. The number of fused-ring (bicyclic) bond motifs is 1. The predicted octanol–water partition coefficient (Wildman–Crippen LogP) is 3.53. The van der Waals surface area contributed by atoms with Gasteiger partial charge in [-0.3, -0.25) is 9.36 Å². The van der Waals surface area contributed by atoms with Crippen molar-refractivity contribution in [1.29, 1.82) is 0 Å². The van der Waals surface area contributed by atoms with Crippen molar-refractivity contribution >= 4 is 34.7 Å². The number of hydrogen-bond acceptors (Lipinski definition) is 3. The maximum absolute atomic E-state index is 12.9. The van der Waals surface area contributed by atoms with E-state index in [-0.39, 0.29) is 18.9 Å². The number of aliphatic hydroxyl groups excluding tert-OH is 1. The largest absolute Gasteiger partial charge is 0.392 e. The molecule has 3 rings (SSSR count). The van der Waals surface area contributed by atoms with Crippen molar-refractivity contribution in [1.82, 2.24) is 4.57 Å². The number of nitrogens with zero attached hydrogens (tertiary/aromatic N) is 1. The van der Waals surface area contributed by atoms with Crippen LogP contribution in [0.4, 0.5) is 0 Å². The molecule has 0 radical (unpaired) electrons. The van der Waals surface area contributed by atoms with E-state index in [4.69, 9.17) is 11.6 Å². The molecule has 0 aliphatic carbocycles. The van der Waals surface area contributed by atoms with E-state index in [9.17, 15) is 14.7 Å². The maximum atomic E-state index is 12.9. The molecule has 0 atom stereocenters. The zero-order valence-corrected chi connectivity index (χ0v) is 13.9. The number of aliphatic hydroxyl groups is 1. The Bertz CT molecular complexity index is 926. The molecule has 1 N–H and O–H groups in total. The molecule has 2 aromatic carbocycles. The molecule has 0 saturated carbocycles. The van der Waals surface area contributed by atoms with Crippen LogP contribution >= 0.6 is 11.6 Å². The lowest BCUT2D eigenvalue weighted by Gasteiger charge is -2.08. The Morgan fingerprint density at radius 2 is 1.92 bits per heavy atom. The van der Waals surface area contributed by atoms with Crippen LogP contribution in [0.15, 0.2) is 42.5 Å². The van der Waals surface area contributed by atoms with Crippen LogP contribution in [-0.2, 0) is 17.8 Å². The van der Waals surface area contributed by atoms with Gasteiger partial charge < -0.3 is 9.90 Å². The molecule has 0 aliphatic rings. The van der Waals surface area contributed by atoms with Crippen LogP contribution in [0.2, 0.25) is 5.02 Å². The molecule has 122 valence electrons. The fourth-order valence-corrected chi connectivity index (χ4v) is 3.08. The van der Waals surface area contributed by atoms with Gasteiger partial charge in [-0.15, -0.1) is 0 Å². The Hall–Kier alpha value is -2.43. The fraction of sp³-hybridized carbons (Fsp3) is 0.158. The number of carbonyl (C=O) groups is 2. The number of halogens is 1. The number of aldehydes is 1. The van der Waals surface area contributed by atoms with Crippen molar-refractivity contribution in [3.8, 4) is 0 Å². The highest BCUT2D eigenvalue weighted by Crippen LogP contribution is 2.28. The van der Waals surface area contributed by atoms with Crippen LogP contribution < -0.4 is 0 Å². The summed E-state index contributed by atoms with van der Waals surface area (Å²) in [5.41, 5.74) is 3.51. The Morgan fingerprint density at radius 3 is 2.54 bits per heavy atom. The van der Waals surface area contributed by atoms with Crippen LogP contribution in [0, 0.1) is 6.92 Å². The summed E-state index contributed by atoms with van der Waals surface area (Å²) in [6, 6.07) is 12.1. The highest BCUT2D eigenvalue weighted by atomic mass is 35.5. The third-order valence-electron chi connectivity index (χ3n) is 4.16. The summed E-state index contributed by atoms with van der Waals surface area (Å²) in [5, 5.41) is 10.7. The molecule has 0 fully saturated rings. The van der Waals surface area contributed by atoms with Gasteiger partial charge >= 0.3 is 0 Å². The van der Waals surface area contributed by atoms with Gasteiger partial charge in [0.15, 0.2) is 0 Å². The minimum Gasteiger partial charge on any atom is -0.392 e. The molecule has 1 heterocycles. The van der Waals surface area contributed by atoms with E-state index >= 15 is 0 Å². The standard InChI is InChI=1S/C19H16ClNO3/c1-12-16(8-9-22)17-10-13(11-23)2-7-18(17)21(12)19(24)14-3-5-15(20)6-4-14/h2-7,9-10,23H,8,11H2,1H3. The lowest BCUT2D eigenvalue weighted by atomic mass is 10.1.